The molecule has 0 heterocycles. The fraction of sp³-hybridized carbons (Fsp3) is 0.440. The topological polar surface area (TPSA) is 86.8 Å². The molecule has 0 aromatic heterocycles. The minimum absolute atomic E-state index is 0.107. The number of nitrogens with zero attached hydrogens (tertiary/aromatic N) is 2. The van der Waals surface area contributed by atoms with Gasteiger partial charge < -0.3 is 10.2 Å². The van der Waals surface area contributed by atoms with Crippen molar-refractivity contribution in [2.75, 3.05) is 30.2 Å². The molecule has 0 unspecified atom stereocenters. The molecule has 0 aliphatic heterocycles. The summed E-state index contributed by atoms with van der Waals surface area (Å²) < 4.78 is 26.2. The second-order valence-corrected chi connectivity index (χ2v) is 11.0. The van der Waals surface area contributed by atoms with Gasteiger partial charge >= 0.3 is 0 Å². The van der Waals surface area contributed by atoms with E-state index < -0.39 is 28.5 Å². The van der Waals surface area contributed by atoms with E-state index in [1.54, 1.807) is 0 Å². The lowest BCUT2D eigenvalue weighted by Crippen LogP contribution is -2.53. The molecule has 192 valence electrons. The second kappa shape index (κ2) is 13.7. The Bertz CT molecular complexity index is 1100. The van der Waals surface area contributed by atoms with Crippen molar-refractivity contribution >= 4 is 50.7 Å². The van der Waals surface area contributed by atoms with Gasteiger partial charge in [-0.3, -0.25) is 13.9 Å². The van der Waals surface area contributed by atoms with Gasteiger partial charge in [-0.2, -0.15) is 0 Å². The van der Waals surface area contributed by atoms with Crippen molar-refractivity contribution < 1.29 is 18.0 Å². The summed E-state index contributed by atoms with van der Waals surface area (Å²) in [6.07, 6.45) is 3.68. The number of hydrogen-bond acceptors (Lipinski definition) is 4. The summed E-state index contributed by atoms with van der Waals surface area (Å²) in [5.74, 6) is -0.743. The van der Waals surface area contributed by atoms with Crippen LogP contribution in [-0.2, 0) is 26.0 Å². The molecule has 7 nitrogen and oxygen atoms in total. The van der Waals surface area contributed by atoms with Crippen molar-refractivity contribution in [2.24, 2.45) is 0 Å². The molecule has 0 saturated heterocycles. The van der Waals surface area contributed by atoms with Gasteiger partial charge in [0.05, 0.1) is 17.0 Å². The van der Waals surface area contributed by atoms with Crippen molar-refractivity contribution in [1.82, 2.24) is 10.2 Å². The minimum Gasteiger partial charge on any atom is -0.354 e. The SMILES string of the molecule is CCCCNC(=O)[C@@H](CC)N(CCc1ccccc1)C(=O)CN(c1ccc(Cl)cc1Cl)S(C)(=O)=O. The predicted octanol–water partition coefficient (Wildman–Crippen LogP) is 4.53. The van der Waals surface area contributed by atoms with Crippen LogP contribution in [0.15, 0.2) is 48.5 Å². The third-order valence-corrected chi connectivity index (χ3v) is 7.22. The van der Waals surface area contributed by atoms with E-state index in [0.717, 1.165) is 29.0 Å². The summed E-state index contributed by atoms with van der Waals surface area (Å²) in [5, 5.41) is 3.35. The van der Waals surface area contributed by atoms with Crippen molar-refractivity contribution in [2.45, 2.75) is 45.6 Å². The Balaban J connectivity index is 2.35. The molecule has 0 bridgehead atoms. The van der Waals surface area contributed by atoms with Gasteiger partial charge in [0.2, 0.25) is 21.8 Å². The Morgan fingerprint density at radius 3 is 2.31 bits per heavy atom. The number of hydrogen-bond donors (Lipinski definition) is 1. The van der Waals surface area contributed by atoms with E-state index >= 15 is 0 Å². The summed E-state index contributed by atoms with van der Waals surface area (Å²) >= 11 is 12.2. The van der Waals surface area contributed by atoms with Gasteiger partial charge in [-0.15, -0.1) is 0 Å². The molecule has 35 heavy (non-hydrogen) atoms. The molecular formula is C25H33Cl2N3O4S. The molecule has 0 spiro atoms. The van der Waals surface area contributed by atoms with E-state index in [-0.39, 0.29) is 23.2 Å². The van der Waals surface area contributed by atoms with E-state index in [9.17, 15) is 18.0 Å². The zero-order valence-corrected chi connectivity index (χ0v) is 22.7. The summed E-state index contributed by atoms with van der Waals surface area (Å²) in [7, 11) is -3.86. The fourth-order valence-electron chi connectivity index (χ4n) is 3.68. The molecule has 2 aromatic rings. The van der Waals surface area contributed by atoms with Gasteiger partial charge in [-0.25, -0.2) is 8.42 Å². The third-order valence-electron chi connectivity index (χ3n) is 5.56. The van der Waals surface area contributed by atoms with Crippen molar-refractivity contribution in [1.29, 1.82) is 0 Å². The Hall–Kier alpha value is -2.29. The Morgan fingerprint density at radius 1 is 1.06 bits per heavy atom. The molecule has 0 fully saturated rings. The van der Waals surface area contributed by atoms with E-state index in [4.69, 9.17) is 23.2 Å². The number of benzene rings is 2. The maximum Gasteiger partial charge on any atom is 0.244 e. The van der Waals surface area contributed by atoms with Crippen molar-refractivity contribution in [3.05, 3.63) is 64.1 Å². The number of sulfonamides is 1. The predicted molar refractivity (Wildman–Crippen MR) is 143 cm³/mol. The first kappa shape index (κ1) is 28.9. The molecule has 2 amide bonds. The van der Waals surface area contributed by atoms with E-state index in [1.807, 2.05) is 44.2 Å². The van der Waals surface area contributed by atoms with Crippen LogP contribution in [0.2, 0.25) is 10.0 Å². The van der Waals surface area contributed by atoms with Gasteiger partial charge in [0.25, 0.3) is 0 Å². The van der Waals surface area contributed by atoms with Crippen LogP contribution >= 0.6 is 23.2 Å². The molecule has 0 aliphatic carbocycles. The van der Waals surface area contributed by atoms with Crippen LogP contribution in [-0.4, -0.2) is 57.1 Å². The van der Waals surface area contributed by atoms with Crippen LogP contribution in [0.25, 0.3) is 0 Å². The lowest BCUT2D eigenvalue weighted by atomic mass is 10.1. The highest BCUT2D eigenvalue weighted by Gasteiger charge is 2.31. The van der Waals surface area contributed by atoms with Gasteiger partial charge in [-0.1, -0.05) is 73.8 Å². The summed E-state index contributed by atoms with van der Waals surface area (Å²) in [4.78, 5) is 28.0. The normalized spacial score (nSPS) is 12.1. The number of carbonyl (C=O) groups excluding carboxylic acids is 2. The first-order valence-corrected chi connectivity index (χ1v) is 14.2. The van der Waals surface area contributed by atoms with Gasteiger partial charge in [-0.05, 0) is 43.0 Å². The first-order chi connectivity index (χ1) is 16.6. The summed E-state index contributed by atoms with van der Waals surface area (Å²) in [6, 6.07) is 13.3. The standard InChI is InChI=1S/C25H33Cl2N3O4S/c1-4-6-15-28-25(32)22(5-2)29(16-14-19-10-8-7-9-11-19)24(31)18-30(35(3,33)34)23-13-12-20(26)17-21(23)27/h7-13,17,22H,4-6,14-16,18H2,1-3H3,(H,28,32)/t22-/m1/s1. The third kappa shape index (κ3) is 8.70. The number of nitrogens with one attached hydrogen (secondary N) is 1. The Labute approximate surface area is 218 Å². The van der Waals surface area contributed by atoms with Crippen molar-refractivity contribution in [3.63, 3.8) is 0 Å². The number of carbonyl (C=O) groups is 2. The lowest BCUT2D eigenvalue weighted by molar-refractivity contribution is -0.139. The summed E-state index contributed by atoms with van der Waals surface area (Å²) in [6.45, 7) is 4.14. The minimum atomic E-state index is -3.86. The maximum absolute atomic E-state index is 13.6. The molecule has 2 rings (SSSR count). The molecule has 0 radical (unpaired) electrons. The smallest absolute Gasteiger partial charge is 0.244 e. The average molecular weight is 543 g/mol. The second-order valence-electron chi connectivity index (χ2n) is 8.26. The number of halogens is 2. The van der Waals surface area contributed by atoms with Crippen LogP contribution in [0.5, 0.6) is 0 Å². The van der Waals surface area contributed by atoms with E-state index in [0.29, 0.717) is 24.4 Å². The van der Waals surface area contributed by atoms with Gasteiger partial charge in [0, 0.05) is 18.1 Å². The zero-order valence-electron chi connectivity index (χ0n) is 20.3. The Morgan fingerprint density at radius 2 is 1.74 bits per heavy atom. The van der Waals surface area contributed by atoms with E-state index in [2.05, 4.69) is 5.32 Å². The molecule has 2 aromatic carbocycles. The monoisotopic (exact) mass is 541 g/mol. The number of amides is 2. The molecule has 1 N–H and O–H groups in total. The van der Waals surface area contributed by atoms with Gasteiger partial charge in [0.15, 0.2) is 0 Å². The number of unbranched alkanes of at least 4 members (excludes halogenated alkanes) is 1. The van der Waals surface area contributed by atoms with Gasteiger partial charge in [0.1, 0.15) is 12.6 Å². The molecule has 0 saturated carbocycles. The lowest BCUT2D eigenvalue weighted by Gasteiger charge is -2.33. The largest absolute Gasteiger partial charge is 0.354 e. The van der Waals surface area contributed by atoms with Crippen LogP contribution in [0.3, 0.4) is 0 Å². The van der Waals surface area contributed by atoms with Crippen molar-refractivity contribution in [3.8, 4) is 0 Å². The number of anilines is 1. The highest BCUT2D eigenvalue weighted by molar-refractivity contribution is 7.92. The molecular weight excluding hydrogens is 509 g/mol. The van der Waals surface area contributed by atoms with Crippen LogP contribution in [0.4, 0.5) is 5.69 Å². The highest BCUT2D eigenvalue weighted by Crippen LogP contribution is 2.30. The van der Waals surface area contributed by atoms with E-state index in [1.165, 1.54) is 23.1 Å². The number of rotatable bonds is 13. The first-order valence-electron chi connectivity index (χ1n) is 11.6. The zero-order chi connectivity index (χ0) is 26.0. The summed E-state index contributed by atoms with van der Waals surface area (Å²) in [5.41, 5.74) is 1.16. The molecule has 0 aliphatic rings. The van der Waals surface area contributed by atoms with Crippen LogP contribution in [0.1, 0.15) is 38.7 Å². The average Bonchev–Trinajstić information content (AvgIpc) is 2.80. The van der Waals surface area contributed by atoms with Crippen LogP contribution < -0.4 is 9.62 Å². The quantitative estimate of drug-likeness (QED) is 0.377. The fourth-order valence-corrected chi connectivity index (χ4v) is 5.10. The molecule has 1 atom stereocenters. The molecule has 10 heteroatoms. The maximum atomic E-state index is 13.6. The van der Waals surface area contributed by atoms with Crippen LogP contribution in [0, 0.1) is 0 Å². The highest BCUT2D eigenvalue weighted by atomic mass is 35.5. The Kier molecular flexibility index (Phi) is 11.3.